The highest BCUT2D eigenvalue weighted by Crippen LogP contribution is 2.43. The smallest absolute Gasteiger partial charge is 0.319 e. The molecule has 0 radical (unpaired) electrons. The van der Waals surface area contributed by atoms with Crippen LogP contribution in [-0.2, 0) is 6.54 Å². The van der Waals surface area contributed by atoms with E-state index in [-0.39, 0.29) is 11.9 Å². The number of piperidine rings is 1. The van der Waals surface area contributed by atoms with E-state index in [4.69, 9.17) is 0 Å². The zero-order chi connectivity index (χ0) is 21.3. The number of carbonyl (C=O) groups excluding carboxylic acids is 1. The van der Waals surface area contributed by atoms with Crippen LogP contribution in [0.2, 0.25) is 0 Å². The van der Waals surface area contributed by atoms with Gasteiger partial charge in [-0.1, -0.05) is 0 Å². The fourth-order valence-electron chi connectivity index (χ4n) is 4.02. The van der Waals surface area contributed by atoms with Gasteiger partial charge in [-0.3, -0.25) is 14.4 Å². The molecule has 2 aromatic heterocycles. The number of aryl methyl sites for hydroxylation is 1. The lowest BCUT2D eigenvalue weighted by molar-refractivity contribution is -0.148. The Kier molecular flexibility index (Phi) is 6.17. The van der Waals surface area contributed by atoms with Crippen LogP contribution in [-0.4, -0.2) is 58.5 Å². The van der Waals surface area contributed by atoms with E-state index in [1.165, 1.54) is 16.2 Å². The van der Waals surface area contributed by atoms with Crippen LogP contribution in [0.1, 0.15) is 47.3 Å². The number of likely N-dealkylation sites (tertiary alicyclic amines) is 1. The summed E-state index contributed by atoms with van der Waals surface area (Å²) in [5.74, 6) is 0.239. The highest BCUT2D eigenvalue weighted by atomic mass is 32.1. The van der Waals surface area contributed by atoms with Gasteiger partial charge in [0, 0.05) is 30.7 Å². The van der Waals surface area contributed by atoms with Gasteiger partial charge in [0.1, 0.15) is 0 Å². The molecule has 2 atom stereocenters. The van der Waals surface area contributed by atoms with E-state index in [1.807, 2.05) is 18.4 Å². The van der Waals surface area contributed by atoms with Gasteiger partial charge in [0.05, 0.1) is 23.3 Å². The molecule has 2 N–H and O–H groups in total. The molecule has 1 saturated heterocycles. The largest absolute Gasteiger partial charge is 0.401 e. The fourth-order valence-corrected chi connectivity index (χ4v) is 4.89. The van der Waals surface area contributed by atoms with Gasteiger partial charge in [-0.25, -0.2) is 0 Å². The molecule has 6 nitrogen and oxygen atoms in total. The van der Waals surface area contributed by atoms with Crippen LogP contribution in [0.15, 0.2) is 23.8 Å². The minimum absolute atomic E-state index is 0.135. The van der Waals surface area contributed by atoms with E-state index in [2.05, 4.69) is 15.7 Å². The lowest BCUT2D eigenvalue weighted by Gasteiger charge is -2.33. The predicted molar refractivity (Wildman–Crippen MR) is 110 cm³/mol. The van der Waals surface area contributed by atoms with Crippen LogP contribution in [0.3, 0.4) is 0 Å². The lowest BCUT2D eigenvalue weighted by atomic mass is 10.0. The first-order valence-electron chi connectivity index (χ1n) is 10.3. The summed E-state index contributed by atoms with van der Waals surface area (Å²) in [6.07, 6.45) is 1.79. The fraction of sp³-hybridized carbons (Fsp3) is 0.600. The molecule has 0 aromatic carbocycles. The van der Waals surface area contributed by atoms with Crippen LogP contribution in [0, 0.1) is 0 Å². The average molecular weight is 442 g/mol. The number of rotatable bonds is 7. The molecule has 2 aliphatic rings. The molecular formula is C20H26F3N5OS. The number of alkyl halides is 3. The standard InChI is InChI=1S/C20H26F3N5OS/c1-2-28-10-15(9-24-28)26-19(29)18-7-13(11-30-18)16-8-17(16)25-14-3-5-27(6-4-14)12-20(21,22)23/h7,9-11,14,16-17,25H,2-6,8,12H2,1H3,(H,26,29). The number of nitrogens with zero attached hydrogens (tertiary/aromatic N) is 3. The topological polar surface area (TPSA) is 62.2 Å². The third-order valence-corrected chi connectivity index (χ3v) is 6.66. The van der Waals surface area contributed by atoms with Crippen molar-refractivity contribution in [1.29, 1.82) is 0 Å². The first kappa shape index (κ1) is 21.3. The van der Waals surface area contributed by atoms with E-state index in [0.717, 1.165) is 31.4 Å². The molecule has 2 unspecified atom stereocenters. The summed E-state index contributed by atoms with van der Waals surface area (Å²) in [7, 11) is 0. The number of nitrogens with one attached hydrogen (secondary N) is 2. The van der Waals surface area contributed by atoms with Crippen molar-refractivity contribution in [1.82, 2.24) is 20.0 Å². The van der Waals surface area contributed by atoms with Crippen molar-refractivity contribution in [3.8, 4) is 0 Å². The number of halogens is 3. The van der Waals surface area contributed by atoms with Crippen LogP contribution < -0.4 is 10.6 Å². The minimum Gasteiger partial charge on any atom is -0.319 e. The van der Waals surface area contributed by atoms with Gasteiger partial charge >= 0.3 is 6.18 Å². The lowest BCUT2D eigenvalue weighted by Crippen LogP contribution is -2.46. The Bertz CT molecular complexity index is 872. The Hall–Kier alpha value is -1.91. The Morgan fingerprint density at radius 3 is 2.77 bits per heavy atom. The maximum Gasteiger partial charge on any atom is 0.401 e. The Morgan fingerprint density at radius 1 is 1.33 bits per heavy atom. The number of hydrogen-bond donors (Lipinski definition) is 2. The first-order chi connectivity index (χ1) is 14.3. The van der Waals surface area contributed by atoms with Crippen molar-refractivity contribution in [3.05, 3.63) is 34.3 Å². The molecule has 1 aliphatic carbocycles. The number of hydrogen-bond acceptors (Lipinski definition) is 5. The second-order valence-electron chi connectivity index (χ2n) is 8.06. The van der Waals surface area contributed by atoms with Gasteiger partial charge < -0.3 is 10.6 Å². The van der Waals surface area contributed by atoms with E-state index in [1.54, 1.807) is 17.1 Å². The molecule has 30 heavy (non-hydrogen) atoms. The molecule has 1 amide bonds. The normalized spacial score (nSPS) is 22.9. The van der Waals surface area contributed by atoms with E-state index in [0.29, 0.717) is 35.6 Å². The summed E-state index contributed by atoms with van der Waals surface area (Å²) in [6, 6.07) is 2.56. The van der Waals surface area contributed by atoms with Crippen LogP contribution in [0.4, 0.5) is 18.9 Å². The van der Waals surface area contributed by atoms with E-state index in [9.17, 15) is 18.0 Å². The van der Waals surface area contributed by atoms with Crippen molar-refractivity contribution in [3.63, 3.8) is 0 Å². The highest BCUT2D eigenvalue weighted by Gasteiger charge is 2.41. The van der Waals surface area contributed by atoms with Gasteiger partial charge in [-0.2, -0.15) is 18.3 Å². The Balaban J connectivity index is 1.23. The zero-order valence-electron chi connectivity index (χ0n) is 16.8. The molecule has 0 bridgehead atoms. The van der Waals surface area contributed by atoms with Crippen LogP contribution in [0.25, 0.3) is 0 Å². The number of anilines is 1. The number of aromatic nitrogens is 2. The molecule has 164 valence electrons. The number of thiophene rings is 1. The summed E-state index contributed by atoms with van der Waals surface area (Å²) < 4.78 is 39.3. The third-order valence-electron chi connectivity index (χ3n) is 5.72. The number of carbonyl (C=O) groups is 1. The van der Waals surface area contributed by atoms with Gasteiger partial charge in [0.15, 0.2) is 0 Å². The van der Waals surface area contributed by atoms with E-state index >= 15 is 0 Å². The molecule has 4 rings (SSSR count). The average Bonchev–Trinajstić information content (AvgIpc) is 3.08. The number of amides is 1. The highest BCUT2D eigenvalue weighted by molar-refractivity contribution is 7.12. The SMILES string of the molecule is CCn1cc(NC(=O)c2cc(C3CC3NC3CCN(CC(F)(F)F)CC3)cs2)cn1. The summed E-state index contributed by atoms with van der Waals surface area (Å²) >= 11 is 1.43. The van der Waals surface area contributed by atoms with E-state index < -0.39 is 12.7 Å². The van der Waals surface area contributed by atoms with Crippen LogP contribution >= 0.6 is 11.3 Å². The van der Waals surface area contributed by atoms with Crippen LogP contribution in [0.5, 0.6) is 0 Å². The monoisotopic (exact) mass is 441 g/mol. The van der Waals surface area contributed by atoms with Gasteiger partial charge in [0.25, 0.3) is 5.91 Å². The molecule has 3 heterocycles. The maximum absolute atomic E-state index is 12.5. The molecule has 2 aromatic rings. The van der Waals surface area contributed by atoms with Crippen molar-refractivity contribution in [2.24, 2.45) is 0 Å². The zero-order valence-corrected chi connectivity index (χ0v) is 17.6. The van der Waals surface area contributed by atoms with Crippen molar-refractivity contribution >= 4 is 22.9 Å². The molecule has 1 saturated carbocycles. The first-order valence-corrected chi connectivity index (χ1v) is 11.2. The van der Waals surface area contributed by atoms with Gasteiger partial charge in [0.2, 0.25) is 0 Å². The summed E-state index contributed by atoms with van der Waals surface area (Å²) in [5, 5.41) is 12.6. The second kappa shape index (κ2) is 8.68. The van der Waals surface area contributed by atoms with Crippen molar-refractivity contribution in [2.75, 3.05) is 25.0 Å². The second-order valence-corrected chi connectivity index (χ2v) is 8.98. The van der Waals surface area contributed by atoms with Crippen molar-refractivity contribution in [2.45, 2.75) is 56.9 Å². The molecular weight excluding hydrogens is 415 g/mol. The Labute approximate surface area is 177 Å². The Morgan fingerprint density at radius 2 is 2.10 bits per heavy atom. The predicted octanol–water partition coefficient (Wildman–Crippen LogP) is 3.69. The van der Waals surface area contributed by atoms with Gasteiger partial charge in [-0.15, -0.1) is 11.3 Å². The maximum atomic E-state index is 12.5. The van der Waals surface area contributed by atoms with Crippen molar-refractivity contribution < 1.29 is 18.0 Å². The summed E-state index contributed by atoms with van der Waals surface area (Å²) in [5.41, 5.74) is 1.83. The quantitative estimate of drug-likeness (QED) is 0.688. The van der Waals surface area contributed by atoms with Gasteiger partial charge in [-0.05, 0) is 56.3 Å². The summed E-state index contributed by atoms with van der Waals surface area (Å²) in [4.78, 5) is 14.6. The molecule has 1 aliphatic heterocycles. The molecule has 10 heteroatoms. The molecule has 0 spiro atoms. The third kappa shape index (κ3) is 5.41. The minimum atomic E-state index is -4.12. The molecule has 2 fully saturated rings. The summed E-state index contributed by atoms with van der Waals surface area (Å²) in [6.45, 7) is 2.87.